The average Bonchev–Trinajstić information content (AvgIpc) is 2.63. The lowest BCUT2D eigenvalue weighted by Gasteiger charge is -2.12. The summed E-state index contributed by atoms with van der Waals surface area (Å²) in [6, 6.07) is 12.5. The van der Waals surface area contributed by atoms with Crippen molar-refractivity contribution < 1.29 is 30.5 Å². The summed E-state index contributed by atoms with van der Waals surface area (Å²) in [6.07, 6.45) is -3.18. The van der Waals surface area contributed by atoms with Crippen LogP contribution in [-0.2, 0) is 16.3 Å². The molecule has 5 nitrogen and oxygen atoms in total. The molecule has 0 bridgehead atoms. The Hall–Kier alpha value is -2.78. The molecule has 0 radical (unpaired) electrons. The van der Waals surface area contributed by atoms with Crippen LogP contribution in [0, 0.1) is 0 Å². The molecule has 0 aliphatic rings. The van der Waals surface area contributed by atoms with E-state index in [9.17, 15) is 21.6 Å². The molecule has 0 spiro atoms. The molecule has 2 aromatic carbocycles. The molecule has 0 atom stereocenters. The second-order valence-corrected chi connectivity index (χ2v) is 7.34. The maximum absolute atomic E-state index is 12.8. The molecule has 0 amide bonds. The summed E-state index contributed by atoms with van der Waals surface area (Å²) in [5.74, 6) is 0.571. The highest BCUT2D eigenvalue weighted by Gasteiger charge is 2.33. The van der Waals surface area contributed by atoms with Gasteiger partial charge in [0.1, 0.15) is 16.4 Å². The van der Waals surface area contributed by atoms with Crippen LogP contribution >= 0.6 is 11.6 Å². The van der Waals surface area contributed by atoms with Crippen molar-refractivity contribution in [2.45, 2.75) is 11.1 Å². The summed E-state index contributed by atoms with van der Waals surface area (Å²) in [4.78, 5) is 3.20. The third-order valence-corrected chi connectivity index (χ3v) is 5.15. The van der Waals surface area contributed by atoms with Crippen molar-refractivity contribution in [1.29, 1.82) is 0 Å². The van der Waals surface area contributed by atoms with E-state index in [4.69, 9.17) is 20.5 Å². The molecule has 28 heavy (non-hydrogen) atoms. The molecule has 0 saturated carbocycles. The van der Waals surface area contributed by atoms with Crippen LogP contribution in [0.1, 0.15) is 5.56 Å². The van der Waals surface area contributed by atoms with Gasteiger partial charge in [-0.05, 0) is 48.5 Å². The predicted molar refractivity (Wildman–Crippen MR) is 95.0 cm³/mol. The number of alkyl halides is 3. The van der Waals surface area contributed by atoms with Gasteiger partial charge in [0.05, 0.1) is 10.6 Å². The summed E-state index contributed by atoms with van der Waals surface area (Å²) in [6.45, 7) is 0. The van der Waals surface area contributed by atoms with E-state index < -0.39 is 26.8 Å². The number of pyridine rings is 1. The number of hydrogen-bond donors (Lipinski definition) is 0. The van der Waals surface area contributed by atoms with E-state index in [1.807, 2.05) is 0 Å². The normalized spacial score (nSPS) is 11.9. The van der Waals surface area contributed by atoms with Gasteiger partial charge in [0.2, 0.25) is 5.88 Å². The Bertz CT molecular complexity index is 1070. The molecule has 1 heterocycles. The lowest BCUT2D eigenvalue weighted by molar-refractivity contribution is -0.137. The monoisotopic (exact) mass is 429 g/mol. The highest BCUT2D eigenvalue weighted by atomic mass is 35.5. The summed E-state index contributed by atoms with van der Waals surface area (Å²) in [5, 5.41) is -0.386. The molecule has 3 aromatic rings. The fourth-order valence-electron chi connectivity index (χ4n) is 2.13. The molecule has 146 valence electrons. The van der Waals surface area contributed by atoms with Gasteiger partial charge in [-0.15, -0.1) is 0 Å². The fraction of sp³-hybridized carbons (Fsp3) is 0.0556. The highest BCUT2D eigenvalue weighted by molar-refractivity contribution is 7.87. The van der Waals surface area contributed by atoms with Gasteiger partial charge in [0, 0.05) is 12.3 Å². The summed E-state index contributed by atoms with van der Waals surface area (Å²) < 4.78 is 73.6. The van der Waals surface area contributed by atoms with Gasteiger partial charge in [-0.1, -0.05) is 17.7 Å². The number of aromatic nitrogens is 1. The predicted octanol–water partition coefficient (Wildman–Crippen LogP) is 5.31. The number of benzene rings is 2. The summed E-state index contributed by atoms with van der Waals surface area (Å²) in [5.41, 5.74) is -1.15. The van der Waals surface area contributed by atoms with Crippen LogP contribution in [0.4, 0.5) is 13.2 Å². The van der Waals surface area contributed by atoms with Crippen molar-refractivity contribution in [3.05, 3.63) is 77.4 Å². The molecule has 0 saturated heterocycles. The number of rotatable bonds is 5. The first-order chi connectivity index (χ1) is 13.1. The Morgan fingerprint density at radius 3 is 2.21 bits per heavy atom. The van der Waals surface area contributed by atoms with Crippen molar-refractivity contribution in [3.63, 3.8) is 0 Å². The van der Waals surface area contributed by atoms with Gasteiger partial charge in [0.25, 0.3) is 0 Å². The molecule has 0 unspecified atom stereocenters. The van der Waals surface area contributed by atoms with Crippen LogP contribution in [0.2, 0.25) is 5.02 Å². The van der Waals surface area contributed by atoms with Gasteiger partial charge in [-0.3, -0.25) is 0 Å². The van der Waals surface area contributed by atoms with E-state index in [0.717, 1.165) is 6.07 Å². The first-order valence-electron chi connectivity index (χ1n) is 7.65. The summed E-state index contributed by atoms with van der Waals surface area (Å²) >= 11 is 5.76. The van der Waals surface area contributed by atoms with Gasteiger partial charge < -0.3 is 8.92 Å². The smallest absolute Gasteiger partial charge is 0.416 e. The first-order valence-corrected chi connectivity index (χ1v) is 9.44. The standard InChI is InChI=1S/C18H11ClF3NO4S/c19-15-9-4-12(18(20,21)22)11-16(15)28(24,25)27-14-7-5-13(6-8-14)26-17-3-1-2-10-23-17/h1-11H. The van der Waals surface area contributed by atoms with E-state index in [-0.39, 0.29) is 10.8 Å². The SMILES string of the molecule is O=S(=O)(Oc1ccc(Oc2ccccn2)cc1)c1cc(C(F)(F)F)ccc1Cl. The van der Waals surface area contributed by atoms with Crippen LogP contribution in [0.3, 0.4) is 0 Å². The van der Waals surface area contributed by atoms with E-state index >= 15 is 0 Å². The topological polar surface area (TPSA) is 65.5 Å². The zero-order valence-electron chi connectivity index (χ0n) is 13.9. The van der Waals surface area contributed by atoms with Crippen LogP contribution in [-0.4, -0.2) is 13.4 Å². The van der Waals surface area contributed by atoms with Crippen molar-refractivity contribution in [2.75, 3.05) is 0 Å². The Morgan fingerprint density at radius 2 is 1.61 bits per heavy atom. The van der Waals surface area contributed by atoms with E-state index in [1.165, 1.54) is 30.5 Å². The van der Waals surface area contributed by atoms with Gasteiger partial charge in [-0.2, -0.15) is 21.6 Å². The van der Waals surface area contributed by atoms with E-state index in [0.29, 0.717) is 23.8 Å². The molecule has 3 rings (SSSR count). The Balaban J connectivity index is 1.81. The average molecular weight is 430 g/mol. The maximum Gasteiger partial charge on any atom is 0.416 e. The number of ether oxygens (including phenoxy) is 1. The quantitative estimate of drug-likeness (QED) is 0.514. The lowest BCUT2D eigenvalue weighted by Crippen LogP contribution is -2.13. The van der Waals surface area contributed by atoms with Gasteiger partial charge >= 0.3 is 16.3 Å². The zero-order chi connectivity index (χ0) is 20.4. The Labute approximate surface area is 163 Å². The Morgan fingerprint density at radius 1 is 0.929 bits per heavy atom. The summed E-state index contributed by atoms with van der Waals surface area (Å²) in [7, 11) is -4.58. The van der Waals surface area contributed by atoms with Crippen LogP contribution in [0.25, 0.3) is 0 Å². The molecule has 0 N–H and O–H groups in total. The molecular formula is C18H11ClF3NO4S. The first kappa shape index (κ1) is 20.0. The molecule has 10 heteroatoms. The Kier molecular flexibility index (Phi) is 5.48. The van der Waals surface area contributed by atoms with Gasteiger partial charge in [0.15, 0.2) is 0 Å². The molecular weight excluding hydrogens is 419 g/mol. The number of nitrogens with zero attached hydrogens (tertiary/aromatic N) is 1. The number of hydrogen-bond acceptors (Lipinski definition) is 5. The van der Waals surface area contributed by atoms with E-state index in [1.54, 1.807) is 18.2 Å². The minimum atomic E-state index is -4.72. The fourth-order valence-corrected chi connectivity index (χ4v) is 3.57. The van der Waals surface area contributed by atoms with Crippen molar-refractivity contribution in [3.8, 4) is 17.4 Å². The van der Waals surface area contributed by atoms with Crippen molar-refractivity contribution in [1.82, 2.24) is 4.98 Å². The maximum atomic E-state index is 12.8. The number of halogens is 4. The molecule has 1 aromatic heterocycles. The van der Waals surface area contributed by atoms with Gasteiger partial charge in [-0.25, -0.2) is 4.98 Å². The molecule has 0 aliphatic heterocycles. The third-order valence-electron chi connectivity index (χ3n) is 3.42. The second-order valence-electron chi connectivity index (χ2n) is 5.42. The third kappa shape index (κ3) is 4.73. The minimum absolute atomic E-state index is 0.123. The van der Waals surface area contributed by atoms with Crippen LogP contribution in [0.15, 0.2) is 71.8 Å². The second kappa shape index (κ2) is 7.69. The van der Waals surface area contributed by atoms with E-state index in [2.05, 4.69) is 4.98 Å². The lowest BCUT2D eigenvalue weighted by atomic mass is 10.2. The largest absolute Gasteiger partial charge is 0.439 e. The molecule has 0 aliphatic carbocycles. The van der Waals surface area contributed by atoms with Crippen LogP contribution in [0.5, 0.6) is 17.4 Å². The minimum Gasteiger partial charge on any atom is -0.439 e. The van der Waals surface area contributed by atoms with Crippen molar-refractivity contribution in [2.24, 2.45) is 0 Å². The zero-order valence-corrected chi connectivity index (χ0v) is 15.4. The van der Waals surface area contributed by atoms with Crippen LogP contribution < -0.4 is 8.92 Å². The molecule has 0 fully saturated rings. The van der Waals surface area contributed by atoms with Crippen molar-refractivity contribution >= 4 is 21.7 Å². The highest BCUT2D eigenvalue weighted by Crippen LogP contribution is 2.34.